The van der Waals surface area contributed by atoms with Gasteiger partial charge in [0.25, 0.3) is 5.91 Å². The fourth-order valence-electron chi connectivity index (χ4n) is 2.12. The average Bonchev–Trinajstić information content (AvgIpc) is 2.55. The maximum atomic E-state index is 13.0. The Morgan fingerprint density at radius 1 is 1.26 bits per heavy atom. The smallest absolute Gasteiger partial charge is 0.252 e. The van der Waals surface area contributed by atoms with Crippen molar-refractivity contribution in [2.24, 2.45) is 0 Å². The Morgan fingerprint density at radius 3 is 2.70 bits per heavy atom. The second-order valence-corrected chi connectivity index (χ2v) is 6.01. The van der Waals surface area contributed by atoms with Gasteiger partial charge >= 0.3 is 0 Å². The summed E-state index contributed by atoms with van der Waals surface area (Å²) in [6, 6.07) is 14.0. The molecule has 0 bridgehead atoms. The number of halogens is 2. The van der Waals surface area contributed by atoms with Gasteiger partial charge in [0.15, 0.2) is 0 Å². The van der Waals surface area contributed by atoms with E-state index >= 15 is 0 Å². The van der Waals surface area contributed by atoms with Gasteiger partial charge in [-0.05, 0) is 53.0 Å². The highest BCUT2D eigenvalue weighted by molar-refractivity contribution is 9.10. The van der Waals surface area contributed by atoms with Crippen molar-refractivity contribution in [3.63, 3.8) is 0 Å². The minimum Gasteiger partial charge on any atom is -0.374 e. The van der Waals surface area contributed by atoms with Crippen LogP contribution in [0.25, 0.3) is 0 Å². The number of nitrogens with one attached hydrogen (secondary N) is 1. The predicted molar refractivity (Wildman–Crippen MR) is 91.9 cm³/mol. The third kappa shape index (κ3) is 5.44. The Bertz CT molecular complexity index is 649. The summed E-state index contributed by atoms with van der Waals surface area (Å²) in [6.45, 7) is 3.06. The van der Waals surface area contributed by atoms with E-state index in [0.29, 0.717) is 29.6 Å². The second kappa shape index (κ2) is 8.79. The summed E-state index contributed by atoms with van der Waals surface area (Å²) >= 11 is 3.19. The Morgan fingerprint density at radius 2 is 2.00 bits per heavy atom. The topological polar surface area (TPSA) is 38.3 Å². The molecule has 0 aromatic heterocycles. The number of ether oxygens (including phenoxy) is 1. The number of carbonyl (C=O) groups excluding carboxylic acids is 1. The van der Waals surface area contributed by atoms with Gasteiger partial charge in [0.1, 0.15) is 5.82 Å². The first-order valence-corrected chi connectivity index (χ1v) is 8.27. The fourth-order valence-corrected chi connectivity index (χ4v) is 2.65. The number of benzene rings is 2. The highest BCUT2D eigenvalue weighted by Gasteiger charge is 2.10. The lowest BCUT2D eigenvalue weighted by molar-refractivity contribution is 0.0635. The minimum absolute atomic E-state index is 0.0261. The fraction of sp³-hybridized carbons (Fsp3) is 0.278. The van der Waals surface area contributed by atoms with E-state index in [0.717, 1.165) is 5.56 Å². The van der Waals surface area contributed by atoms with E-state index in [4.69, 9.17) is 4.74 Å². The number of hydrogen-bond acceptors (Lipinski definition) is 2. The average molecular weight is 380 g/mol. The highest BCUT2D eigenvalue weighted by Crippen LogP contribution is 2.18. The van der Waals surface area contributed by atoms with Crippen LogP contribution in [0.3, 0.4) is 0 Å². The molecule has 0 spiro atoms. The maximum absolute atomic E-state index is 13.0. The van der Waals surface area contributed by atoms with Crippen molar-refractivity contribution in [3.8, 4) is 0 Å². The van der Waals surface area contributed by atoms with Crippen LogP contribution < -0.4 is 5.32 Å². The summed E-state index contributed by atoms with van der Waals surface area (Å²) in [5.74, 6) is -0.607. The minimum atomic E-state index is -0.378. The van der Waals surface area contributed by atoms with Crippen LogP contribution in [0.1, 0.15) is 35.4 Å². The van der Waals surface area contributed by atoms with E-state index in [-0.39, 0.29) is 17.8 Å². The van der Waals surface area contributed by atoms with Gasteiger partial charge in [-0.25, -0.2) is 4.39 Å². The van der Waals surface area contributed by atoms with Gasteiger partial charge in [-0.1, -0.05) is 30.3 Å². The van der Waals surface area contributed by atoms with Crippen molar-refractivity contribution >= 4 is 21.8 Å². The zero-order valence-corrected chi connectivity index (χ0v) is 14.5. The van der Waals surface area contributed by atoms with Crippen LogP contribution >= 0.6 is 15.9 Å². The summed E-state index contributed by atoms with van der Waals surface area (Å²) in [4.78, 5) is 12.0. The predicted octanol–water partition coefficient (Wildman–Crippen LogP) is 4.49. The Balaban J connectivity index is 1.70. The van der Waals surface area contributed by atoms with Gasteiger partial charge in [0.05, 0.1) is 11.7 Å². The number of carbonyl (C=O) groups is 1. The first-order chi connectivity index (χ1) is 11.1. The Labute approximate surface area is 144 Å². The lowest BCUT2D eigenvalue weighted by Gasteiger charge is -2.13. The molecule has 0 aliphatic rings. The SMILES string of the molecule is C[C@@H](OCCCNC(=O)c1ccc(F)cc1Br)c1ccccc1. The third-order valence-corrected chi connectivity index (χ3v) is 4.08. The van der Waals surface area contributed by atoms with E-state index in [1.807, 2.05) is 37.3 Å². The molecule has 0 heterocycles. The van der Waals surface area contributed by atoms with Crippen molar-refractivity contribution in [2.45, 2.75) is 19.4 Å². The monoisotopic (exact) mass is 379 g/mol. The van der Waals surface area contributed by atoms with Crippen LogP contribution in [0.5, 0.6) is 0 Å². The molecule has 122 valence electrons. The second-order valence-electron chi connectivity index (χ2n) is 5.16. The van der Waals surface area contributed by atoms with Gasteiger partial charge in [0, 0.05) is 17.6 Å². The van der Waals surface area contributed by atoms with E-state index in [1.165, 1.54) is 18.2 Å². The molecule has 2 rings (SSSR count). The summed E-state index contributed by atoms with van der Waals surface area (Å²) in [6.07, 6.45) is 0.736. The van der Waals surface area contributed by atoms with Crippen molar-refractivity contribution in [3.05, 3.63) is 69.9 Å². The molecule has 1 N–H and O–H groups in total. The third-order valence-electron chi connectivity index (χ3n) is 3.42. The molecular weight excluding hydrogens is 361 g/mol. The molecular formula is C18H19BrFNO2. The number of rotatable bonds is 7. The standard InChI is InChI=1S/C18H19BrFNO2/c1-13(14-6-3-2-4-7-14)23-11-5-10-21-18(22)16-9-8-15(20)12-17(16)19/h2-4,6-9,12-13H,5,10-11H2,1H3,(H,21,22)/t13-/m1/s1. The van der Waals surface area contributed by atoms with E-state index in [2.05, 4.69) is 21.2 Å². The molecule has 3 nitrogen and oxygen atoms in total. The lowest BCUT2D eigenvalue weighted by Crippen LogP contribution is -2.25. The summed E-state index contributed by atoms with van der Waals surface area (Å²) < 4.78 is 19.2. The molecule has 0 radical (unpaired) electrons. The molecule has 0 aliphatic heterocycles. The quantitative estimate of drug-likeness (QED) is 0.719. The van der Waals surface area contributed by atoms with Gasteiger partial charge in [0.2, 0.25) is 0 Å². The highest BCUT2D eigenvalue weighted by atomic mass is 79.9. The van der Waals surface area contributed by atoms with E-state index < -0.39 is 0 Å². The molecule has 0 unspecified atom stereocenters. The maximum Gasteiger partial charge on any atom is 0.252 e. The van der Waals surface area contributed by atoms with Gasteiger partial charge in [-0.15, -0.1) is 0 Å². The van der Waals surface area contributed by atoms with Crippen molar-refractivity contribution in [2.75, 3.05) is 13.2 Å². The molecule has 2 aromatic carbocycles. The molecule has 0 saturated carbocycles. The van der Waals surface area contributed by atoms with Crippen LogP contribution in [0.2, 0.25) is 0 Å². The molecule has 5 heteroatoms. The summed E-state index contributed by atoms with van der Waals surface area (Å²) in [7, 11) is 0. The zero-order chi connectivity index (χ0) is 16.7. The van der Waals surface area contributed by atoms with Crippen LogP contribution in [0.4, 0.5) is 4.39 Å². The van der Waals surface area contributed by atoms with Gasteiger partial charge in [-0.2, -0.15) is 0 Å². The van der Waals surface area contributed by atoms with Gasteiger partial charge < -0.3 is 10.1 Å². The van der Waals surface area contributed by atoms with Crippen LogP contribution in [-0.2, 0) is 4.74 Å². The molecule has 2 aromatic rings. The van der Waals surface area contributed by atoms with E-state index in [9.17, 15) is 9.18 Å². The zero-order valence-electron chi connectivity index (χ0n) is 12.9. The normalized spacial score (nSPS) is 12.0. The largest absolute Gasteiger partial charge is 0.374 e. The van der Waals surface area contributed by atoms with Crippen LogP contribution in [-0.4, -0.2) is 19.1 Å². The molecule has 1 atom stereocenters. The van der Waals surface area contributed by atoms with Gasteiger partial charge in [-0.3, -0.25) is 4.79 Å². The molecule has 1 amide bonds. The summed E-state index contributed by atoms with van der Waals surface area (Å²) in [5, 5.41) is 2.80. The van der Waals surface area contributed by atoms with Crippen molar-refractivity contribution in [1.29, 1.82) is 0 Å². The first kappa shape index (κ1) is 17.6. The van der Waals surface area contributed by atoms with Crippen LogP contribution in [0.15, 0.2) is 53.0 Å². The first-order valence-electron chi connectivity index (χ1n) is 7.47. The Hall–Kier alpha value is -1.72. The molecule has 0 saturated heterocycles. The van der Waals surface area contributed by atoms with Crippen molar-refractivity contribution in [1.82, 2.24) is 5.32 Å². The summed E-state index contributed by atoms with van der Waals surface area (Å²) in [5.41, 5.74) is 1.55. The van der Waals surface area contributed by atoms with Crippen LogP contribution in [0, 0.1) is 5.82 Å². The molecule has 0 fully saturated rings. The number of hydrogen-bond donors (Lipinski definition) is 1. The molecule has 23 heavy (non-hydrogen) atoms. The van der Waals surface area contributed by atoms with Crippen molar-refractivity contribution < 1.29 is 13.9 Å². The lowest BCUT2D eigenvalue weighted by atomic mass is 10.1. The molecule has 0 aliphatic carbocycles. The van der Waals surface area contributed by atoms with E-state index in [1.54, 1.807) is 0 Å². The Kier molecular flexibility index (Phi) is 6.74. The number of amides is 1.